The van der Waals surface area contributed by atoms with Gasteiger partial charge in [0.2, 0.25) is 11.9 Å². The number of anilines is 2. The van der Waals surface area contributed by atoms with Gasteiger partial charge in [0.15, 0.2) is 0 Å². The van der Waals surface area contributed by atoms with Crippen LogP contribution < -0.4 is 21.3 Å². The van der Waals surface area contributed by atoms with E-state index in [-0.39, 0.29) is 24.3 Å². The van der Waals surface area contributed by atoms with Gasteiger partial charge in [0.25, 0.3) is 0 Å². The van der Waals surface area contributed by atoms with Crippen LogP contribution in [0.25, 0.3) is 10.9 Å². The van der Waals surface area contributed by atoms with Gasteiger partial charge in [-0.2, -0.15) is 4.98 Å². The van der Waals surface area contributed by atoms with Crippen molar-refractivity contribution in [2.45, 2.75) is 109 Å². The Morgan fingerprint density at radius 2 is 1.73 bits per heavy atom. The monoisotopic (exact) mass is 662 g/mol. The predicted octanol–water partition coefficient (Wildman–Crippen LogP) is 4.26. The van der Waals surface area contributed by atoms with E-state index in [2.05, 4.69) is 31.6 Å². The zero-order valence-corrected chi connectivity index (χ0v) is 28.6. The van der Waals surface area contributed by atoms with Crippen LogP contribution in [-0.2, 0) is 27.4 Å². The van der Waals surface area contributed by atoms with Crippen LogP contribution in [0.2, 0.25) is 0 Å². The summed E-state index contributed by atoms with van der Waals surface area (Å²) in [5.74, 6) is 1.16. The highest BCUT2D eigenvalue weighted by Gasteiger charge is 2.24. The minimum atomic E-state index is -0.243. The molecule has 1 saturated heterocycles. The number of hydrogen-bond acceptors (Lipinski definition) is 11. The lowest BCUT2D eigenvalue weighted by Crippen LogP contribution is -2.42. The smallest absolute Gasteiger partial charge is 0.305 e. The molecule has 2 fully saturated rings. The van der Waals surface area contributed by atoms with Gasteiger partial charge in [-0.05, 0) is 83.6 Å². The third-order valence-corrected chi connectivity index (χ3v) is 9.19. The predicted molar refractivity (Wildman–Crippen MR) is 188 cm³/mol. The Labute approximate surface area is 284 Å². The quantitative estimate of drug-likeness (QED) is 0.108. The largest absolute Gasteiger partial charge is 0.466 e. The minimum absolute atomic E-state index is 0.0957. The van der Waals surface area contributed by atoms with Crippen molar-refractivity contribution in [1.29, 1.82) is 0 Å². The van der Waals surface area contributed by atoms with Crippen molar-refractivity contribution in [3.8, 4) is 0 Å². The summed E-state index contributed by atoms with van der Waals surface area (Å²) in [4.78, 5) is 35.7. The molecule has 1 amide bonds. The Bertz CT molecular complexity index is 1420. The Hall–Kier alpha value is -3.84. The lowest BCUT2D eigenvalue weighted by atomic mass is 9.95. The van der Waals surface area contributed by atoms with Crippen molar-refractivity contribution in [3.63, 3.8) is 0 Å². The summed E-state index contributed by atoms with van der Waals surface area (Å²) in [5.41, 5.74) is 1.69. The molecule has 262 valence electrons. The average molecular weight is 663 g/mol. The number of para-hydroxylation sites is 1. The van der Waals surface area contributed by atoms with Crippen LogP contribution in [0.3, 0.4) is 0 Å². The lowest BCUT2D eigenvalue weighted by molar-refractivity contribution is -0.143. The Kier molecular flexibility index (Phi) is 14.2. The Morgan fingerprint density at radius 3 is 2.56 bits per heavy atom. The second-order valence-electron chi connectivity index (χ2n) is 12.9. The molecule has 0 atom stereocenters. The van der Waals surface area contributed by atoms with Gasteiger partial charge in [-0.25, -0.2) is 4.98 Å². The standard InChI is InChI=1S/C35H54N10O3/c1-2-48-33(47)16-8-15-32(46)44-23-17-28(18-24-44)39-34-30-13-6-7-14-31(30)40-35(41-34)38-25-29-26-45(43-42-29)22-10-20-36-19-9-21-37-27-11-4-3-5-12-27/h6-7,13-14,26-28,36-37H,2-5,8-12,15-25H2,1H3,(H2,38,39,40,41). The minimum Gasteiger partial charge on any atom is -0.466 e. The molecule has 0 unspecified atom stereocenters. The van der Waals surface area contributed by atoms with Crippen LogP contribution in [0.1, 0.15) is 89.7 Å². The molecule has 1 aliphatic carbocycles. The highest BCUT2D eigenvalue weighted by atomic mass is 16.5. The van der Waals surface area contributed by atoms with E-state index < -0.39 is 0 Å². The number of carbonyl (C=O) groups is 2. The van der Waals surface area contributed by atoms with E-state index in [0.29, 0.717) is 45.0 Å². The van der Waals surface area contributed by atoms with E-state index in [4.69, 9.17) is 14.7 Å². The number of aryl methyl sites for hydroxylation is 1. The van der Waals surface area contributed by atoms with Gasteiger partial charge in [-0.1, -0.05) is 36.6 Å². The number of likely N-dealkylation sites (tertiary alicyclic amines) is 1. The number of piperidine rings is 1. The summed E-state index contributed by atoms with van der Waals surface area (Å²) < 4.78 is 6.86. The molecular weight excluding hydrogens is 608 g/mol. The maximum atomic E-state index is 12.7. The summed E-state index contributed by atoms with van der Waals surface area (Å²) in [6.07, 6.45) is 13.8. The molecule has 48 heavy (non-hydrogen) atoms. The molecular formula is C35H54N10O3. The number of aromatic nitrogens is 5. The number of fused-ring (bicyclic) bond motifs is 1. The van der Waals surface area contributed by atoms with Crippen molar-refractivity contribution in [1.82, 2.24) is 40.5 Å². The second-order valence-corrected chi connectivity index (χ2v) is 12.9. The topological polar surface area (TPSA) is 151 Å². The van der Waals surface area contributed by atoms with Crippen LogP contribution in [0.4, 0.5) is 11.8 Å². The van der Waals surface area contributed by atoms with Crippen molar-refractivity contribution in [3.05, 3.63) is 36.2 Å². The fourth-order valence-electron chi connectivity index (χ4n) is 6.52. The summed E-state index contributed by atoms with van der Waals surface area (Å²) in [6.45, 7) is 7.89. The number of amides is 1. The molecule has 5 rings (SSSR count). The molecule has 4 N–H and O–H groups in total. The maximum absolute atomic E-state index is 12.7. The van der Waals surface area contributed by atoms with E-state index in [1.54, 1.807) is 6.92 Å². The second kappa shape index (κ2) is 19.2. The normalized spacial score (nSPS) is 15.9. The molecule has 2 aromatic heterocycles. The lowest BCUT2D eigenvalue weighted by Gasteiger charge is -2.33. The van der Waals surface area contributed by atoms with Crippen molar-refractivity contribution in [2.75, 3.05) is 50.0 Å². The molecule has 13 nitrogen and oxygen atoms in total. The molecule has 0 spiro atoms. The highest BCUT2D eigenvalue weighted by molar-refractivity contribution is 5.90. The fourth-order valence-corrected chi connectivity index (χ4v) is 6.52. The maximum Gasteiger partial charge on any atom is 0.305 e. The van der Waals surface area contributed by atoms with Crippen LogP contribution in [0.15, 0.2) is 30.5 Å². The SMILES string of the molecule is CCOC(=O)CCCC(=O)N1CCC(Nc2nc(NCc3cn(CCCNCCCNC4CCCCC4)nn3)nc3ccccc23)CC1. The van der Waals surface area contributed by atoms with E-state index in [1.165, 1.54) is 32.1 Å². The highest BCUT2D eigenvalue weighted by Crippen LogP contribution is 2.25. The van der Waals surface area contributed by atoms with Gasteiger partial charge in [0.1, 0.15) is 11.5 Å². The first kappa shape index (κ1) is 35.5. The molecule has 1 saturated carbocycles. The van der Waals surface area contributed by atoms with E-state index in [9.17, 15) is 9.59 Å². The number of rotatable bonds is 19. The van der Waals surface area contributed by atoms with Crippen LogP contribution >= 0.6 is 0 Å². The molecule has 0 radical (unpaired) electrons. The molecule has 3 aromatic rings. The molecule has 1 aliphatic heterocycles. The molecule has 1 aromatic carbocycles. The zero-order chi connectivity index (χ0) is 33.4. The first-order valence-corrected chi connectivity index (χ1v) is 18.1. The number of benzene rings is 1. The van der Waals surface area contributed by atoms with Gasteiger partial charge < -0.3 is 30.9 Å². The van der Waals surface area contributed by atoms with E-state index in [1.807, 2.05) is 40.0 Å². The van der Waals surface area contributed by atoms with Crippen LogP contribution in [0.5, 0.6) is 0 Å². The van der Waals surface area contributed by atoms with Gasteiger partial charge in [-0.15, -0.1) is 5.10 Å². The number of nitrogens with zero attached hydrogens (tertiary/aromatic N) is 6. The van der Waals surface area contributed by atoms with E-state index >= 15 is 0 Å². The van der Waals surface area contributed by atoms with Crippen molar-refractivity contribution < 1.29 is 14.3 Å². The van der Waals surface area contributed by atoms with Crippen LogP contribution in [-0.4, -0.2) is 93.2 Å². The number of ether oxygens (including phenoxy) is 1. The molecule has 13 heteroatoms. The number of hydrogen-bond donors (Lipinski definition) is 4. The first-order valence-electron chi connectivity index (χ1n) is 18.1. The Morgan fingerprint density at radius 1 is 0.917 bits per heavy atom. The zero-order valence-electron chi connectivity index (χ0n) is 28.6. The van der Waals surface area contributed by atoms with Crippen LogP contribution in [0, 0.1) is 0 Å². The average Bonchev–Trinajstić information content (AvgIpc) is 3.57. The van der Waals surface area contributed by atoms with Crippen molar-refractivity contribution in [2.24, 2.45) is 0 Å². The summed E-state index contributed by atoms with van der Waals surface area (Å²) >= 11 is 0. The summed E-state index contributed by atoms with van der Waals surface area (Å²) in [6, 6.07) is 8.90. The Balaban J connectivity index is 1.02. The van der Waals surface area contributed by atoms with Gasteiger partial charge >= 0.3 is 5.97 Å². The molecule has 3 heterocycles. The van der Waals surface area contributed by atoms with E-state index in [0.717, 1.165) is 80.3 Å². The van der Waals surface area contributed by atoms with Gasteiger partial charge in [-0.3, -0.25) is 14.3 Å². The summed E-state index contributed by atoms with van der Waals surface area (Å²) in [5, 5.41) is 23.8. The third kappa shape index (κ3) is 11.4. The van der Waals surface area contributed by atoms with Crippen molar-refractivity contribution >= 4 is 34.5 Å². The fraction of sp³-hybridized carbons (Fsp3) is 0.657. The van der Waals surface area contributed by atoms with Gasteiger partial charge in [0, 0.05) is 49.9 Å². The molecule has 2 aliphatic rings. The number of carbonyl (C=O) groups excluding carboxylic acids is 2. The third-order valence-electron chi connectivity index (χ3n) is 9.19. The first-order chi connectivity index (χ1) is 23.6. The number of nitrogens with one attached hydrogen (secondary N) is 4. The molecule has 0 bridgehead atoms. The summed E-state index contributed by atoms with van der Waals surface area (Å²) in [7, 11) is 0. The number of esters is 1. The van der Waals surface area contributed by atoms with Gasteiger partial charge in [0.05, 0.1) is 24.9 Å².